The minimum absolute atomic E-state index is 0.110. The van der Waals surface area contributed by atoms with E-state index in [1.807, 2.05) is 0 Å². The lowest BCUT2D eigenvalue weighted by atomic mass is 10.00. The van der Waals surface area contributed by atoms with Gasteiger partial charge in [-0.3, -0.25) is 9.69 Å². The first kappa shape index (κ1) is 16.1. The van der Waals surface area contributed by atoms with Gasteiger partial charge in [-0.25, -0.2) is 13.6 Å². The van der Waals surface area contributed by atoms with Gasteiger partial charge in [0, 0.05) is 18.5 Å². The molecule has 1 heterocycles. The zero-order chi connectivity index (χ0) is 17.4. The Morgan fingerprint density at radius 1 is 1.29 bits per heavy atom. The number of anilines is 1. The molecule has 8 heteroatoms. The van der Waals surface area contributed by atoms with Gasteiger partial charge in [0.1, 0.15) is 0 Å². The fourth-order valence-electron chi connectivity index (χ4n) is 2.48. The van der Waals surface area contributed by atoms with Gasteiger partial charge in [0.2, 0.25) is 0 Å². The molecule has 1 aromatic carbocycles. The van der Waals surface area contributed by atoms with Gasteiger partial charge in [-0.1, -0.05) is 5.16 Å². The van der Waals surface area contributed by atoms with Crippen molar-refractivity contribution in [1.82, 2.24) is 5.16 Å². The topological polar surface area (TPSA) is 72.6 Å². The van der Waals surface area contributed by atoms with Crippen LogP contribution in [0.3, 0.4) is 0 Å². The van der Waals surface area contributed by atoms with Crippen molar-refractivity contribution in [3.63, 3.8) is 0 Å². The molecule has 0 aliphatic heterocycles. The molecule has 24 heavy (non-hydrogen) atoms. The van der Waals surface area contributed by atoms with Crippen LogP contribution in [-0.2, 0) is 4.74 Å². The molecule has 0 saturated heterocycles. The van der Waals surface area contributed by atoms with Gasteiger partial charge >= 0.3 is 6.09 Å². The first-order valence-electron chi connectivity index (χ1n) is 7.24. The fraction of sp³-hybridized carbons (Fsp3) is 0.312. The van der Waals surface area contributed by atoms with E-state index < -0.39 is 29.2 Å². The van der Waals surface area contributed by atoms with E-state index in [9.17, 15) is 18.4 Å². The summed E-state index contributed by atoms with van der Waals surface area (Å²) in [6, 6.07) is 1.96. The van der Waals surface area contributed by atoms with Gasteiger partial charge < -0.3 is 9.26 Å². The number of amides is 1. The number of carbonyl (C=O) groups is 2. The Morgan fingerprint density at radius 3 is 2.62 bits per heavy atom. The highest BCUT2D eigenvalue weighted by molar-refractivity contribution is 6.14. The summed E-state index contributed by atoms with van der Waals surface area (Å²) >= 11 is 0. The summed E-state index contributed by atoms with van der Waals surface area (Å²) in [5, 5.41) is 3.63. The Labute approximate surface area is 136 Å². The van der Waals surface area contributed by atoms with E-state index >= 15 is 0 Å². The molecule has 1 aliphatic rings. The maximum atomic E-state index is 14.3. The second-order valence-electron chi connectivity index (χ2n) is 5.49. The molecule has 0 bridgehead atoms. The summed E-state index contributed by atoms with van der Waals surface area (Å²) in [5.74, 6) is -2.54. The Bertz CT molecular complexity index is 814. The van der Waals surface area contributed by atoms with Crippen molar-refractivity contribution >= 4 is 17.6 Å². The molecule has 0 spiro atoms. The summed E-state index contributed by atoms with van der Waals surface area (Å²) in [4.78, 5) is 25.2. The molecule has 1 saturated carbocycles. The van der Waals surface area contributed by atoms with E-state index in [-0.39, 0.29) is 17.0 Å². The van der Waals surface area contributed by atoms with E-state index in [1.165, 1.54) is 13.2 Å². The maximum absolute atomic E-state index is 14.3. The molecule has 0 N–H and O–H groups in total. The first-order chi connectivity index (χ1) is 11.5. The van der Waals surface area contributed by atoms with E-state index in [2.05, 4.69) is 9.89 Å². The van der Waals surface area contributed by atoms with Crippen LogP contribution in [-0.4, -0.2) is 31.2 Å². The van der Waals surface area contributed by atoms with E-state index in [0.717, 1.165) is 37.0 Å². The molecular formula is C16H14F2N2O4. The maximum Gasteiger partial charge on any atom is 0.413 e. The number of ketones is 1. The van der Waals surface area contributed by atoms with Crippen molar-refractivity contribution in [3.05, 3.63) is 46.9 Å². The lowest BCUT2D eigenvalue weighted by molar-refractivity contribution is 0.103. The highest BCUT2D eigenvalue weighted by atomic mass is 19.2. The zero-order valence-corrected chi connectivity index (χ0v) is 13.0. The predicted molar refractivity (Wildman–Crippen MR) is 79.1 cm³/mol. The summed E-state index contributed by atoms with van der Waals surface area (Å²) < 4.78 is 37.5. The molecule has 1 aliphatic carbocycles. The smallest absolute Gasteiger partial charge is 0.413 e. The van der Waals surface area contributed by atoms with Crippen LogP contribution >= 0.6 is 0 Å². The zero-order valence-electron chi connectivity index (χ0n) is 13.0. The standard InChI is InChI=1S/C16H14F2N2O4/c1-20(16(22)23-2)13-9(5-6-11(17)12(13)18)14(21)10-7-19-24-15(10)8-3-4-8/h5-8H,3-4H2,1-2H3. The molecule has 6 nitrogen and oxygen atoms in total. The minimum Gasteiger partial charge on any atom is -0.452 e. The second kappa shape index (κ2) is 6.03. The number of ether oxygens (including phenoxy) is 1. The van der Waals surface area contributed by atoms with Crippen LogP contribution in [0.4, 0.5) is 19.3 Å². The van der Waals surface area contributed by atoms with Crippen molar-refractivity contribution in [2.24, 2.45) is 0 Å². The summed E-state index contributed by atoms with van der Waals surface area (Å²) in [7, 11) is 2.29. The lowest BCUT2D eigenvalue weighted by Crippen LogP contribution is -2.29. The highest BCUT2D eigenvalue weighted by Crippen LogP contribution is 2.42. The highest BCUT2D eigenvalue weighted by Gasteiger charge is 2.34. The van der Waals surface area contributed by atoms with E-state index in [4.69, 9.17) is 4.52 Å². The molecule has 0 radical (unpaired) electrons. The second-order valence-corrected chi connectivity index (χ2v) is 5.49. The average molecular weight is 336 g/mol. The number of hydrogen-bond acceptors (Lipinski definition) is 5. The fourth-order valence-corrected chi connectivity index (χ4v) is 2.48. The van der Waals surface area contributed by atoms with Crippen molar-refractivity contribution in [2.45, 2.75) is 18.8 Å². The number of carbonyl (C=O) groups excluding carboxylic acids is 2. The third-order valence-electron chi connectivity index (χ3n) is 3.89. The monoisotopic (exact) mass is 336 g/mol. The van der Waals surface area contributed by atoms with Crippen molar-refractivity contribution in [2.75, 3.05) is 19.1 Å². The normalized spacial score (nSPS) is 13.7. The molecule has 0 atom stereocenters. The van der Waals surface area contributed by atoms with Crippen molar-refractivity contribution < 1.29 is 27.6 Å². The number of hydrogen-bond donors (Lipinski definition) is 0. The average Bonchev–Trinajstić information content (AvgIpc) is 3.31. The molecule has 2 aromatic rings. The molecular weight excluding hydrogens is 322 g/mol. The van der Waals surface area contributed by atoms with Crippen LogP contribution in [0.25, 0.3) is 0 Å². The molecule has 126 valence electrons. The molecule has 1 amide bonds. The number of nitrogens with zero attached hydrogens (tertiary/aromatic N) is 2. The summed E-state index contributed by atoms with van der Waals surface area (Å²) in [5.41, 5.74) is -0.482. The Kier molecular flexibility index (Phi) is 4.04. The summed E-state index contributed by atoms with van der Waals surface area (Å²) in [6.45, 7) is 0. The van der Waals surface area contributed by atoms with Gasteiger partial charge in [0.05, 0.1) is 24.6 Å². The van der Waals surface area contributed by atoms with Gasteiger partial charge in [-0.15, -0.1) is 0 Å². The van der Waals surface area contributed by atoms with Gasteiger partial charge in [-0.05, 0) is 25.0 Å². The Hall–Kier alpha value is -2.77. The summed E-state index contributed by atoms with van der Waals surface area (Å²) in [6.07, 6.45) is 2.07. The van der Waals surface area contributed by atoms with Crippen molar-refractivity contribution in [3.8, 4) is 0 Å². The van der Waals surface area contributed by atoms with Crippen molar-refractivity contribution in [1.29, 1.82) is 0 Å². The number of methoxy groups -OCH3 is 1. The van der Waals surface area contributed by atoms with Crippen LogP contribution in [0.5, 0.6) is 0 Å². The quantitative estimate of drug-likeness (QED) is 0.801. The number of rotatable bonds is 4. The van der Waals surface area contributed by atoms with Gasteiger partial charge in [0.25, 0.3) is 0 Å². The van der Waals surface area contributed by atoms with Crippen LogP contribution in [0.15, 0.2) is 22.9 Å². The minimum atomic E-state index is -1.31. The molecule has 3 rings (SSSR count). The van der Waals surface area contributed by atoms with Crippen LogP contribution in [0, 0.1) is 11.6 Å². The first-order valence-corrected chi connectivity index (χ1v) is 7.24. The lowest BCUT2D eigenvalue weighted by Gasteiger charge is -2.19. The van der Waals surface area contributed by atoms with E-state index in [0.29, 0.717) is 5.76 Å². The number of halogens is 2. The Morgan fingerprint density at radius 2 is 2.00 bits per heavy atom. The van der Waals surface area contributed by atoms with Crippen LogP contribution in [0.1, 0.15) is 40.4 Å². The predicted octanol–water partition coefficient (Wildman–Crippen LogP) is 3.26. The van der Waals surface area contributed by atoms with Gasteiger partial charge in [-0.2, -0.15) is 0 Å². The molecule has 0 unspecified atom stereocenters. The third-order valence-corrected chi connectivity index (χ3v) is 3.89. The van der Waals surface area contributed by atoms with E-state index in [1.54, 1.807) is 0 Å². The number of aromatic nitrogens is 1. The van der Waals surface area contributed by atoms with Crippen LogP contribution < -0.4 is 4.90 Å². The molecule has 1 aromatic heterocycles. The molecule has 1 fully saturated rings. The Balaban J connectivity index is 2.10. The largest absolute Gasteiger partial charge is 0.452 e. The van der Waals surface area contributed by atoms with Gasteiger partial charge in [0.15, 0.2) is 23.2 Å². The van der Waals surface area contributed by atoms with Crippen LogP contribution in [0.2, 0.25) is 0 Å². The third kappa shape index (κ3) is 2.64. The number of benzene rings is 1. The SMILES string of the molecule is COC(=O)N(C)c1c(C(=O)c2cnoc2C2CC2)ccc(F)c1F.